The standard InChI is InChI=1S/C15H19N3O2/c1-17-9-6-11-4-5-12(10-13(11)14(17)19)16-15(20)18-7-2-3-8-18/h4-5,10H,2-3,6-9H2,1H3,(H,16,20). The number of rotatable bonds is 1. The van der Waals surface area contributed by atoms with Crippen LogP contribution in [0.1, 0.15) is 28.8 Å². The van der Waals surface area contributed by atoms with Gasteiger partial charge >= 0.3 is 6.03 Å². The molecule has 106 valence electrons. The molecule has 3 rings (SSSR count). The summed E-state index contributed by atoms with van der Waals surface area (Å²) in [6.45, 7) is 2.39. The second-order valence-electron chi connectivity index (χ2n) is 5.47. The number of hydrogen-bond acceptors (Lipinski definition) is 2. The van der Waals surface area contributed by atoms with E-state index in [1.54, 1.807) is 18.0 Å². The molecule has 20 heavy (non-hydrogen) atoms. The van der Waals surface area contributed by atoms with E-state index in [-0.39, 0.29) is 11.9 Å². The van der Waals surface area contributed by atoms with Crippen LogP contribution in [0.5, 0.6) is 0 Å². The third-order valence-corrected chi connectivity index (χ3v) is 4.05. The molecule has 0 radical (unpaired) electrons. The highest BCUT2D eigenvalue weighted by Crippen LogP contribution is 2.22. The van der Waals surface area contributed by atoms with E-state index in [0.29, 0.717) is 11.3 Å². The lowest BCUT2D eigenvalue weighted by atomic mass is 9.99. The molecule has 0 aromatic heterocycles. The molecular formula is C15H19N3O2. The van der Waals surface area contributed by atoms with E-state index in [4.69, 9.17) is 0 Å². The van der Waals surface area contributed by atoms with Crippen molar-refractivity contribution in [1.82, 2.24) is 9.80 Å². The Morgan fingerprint density at radius 3 is 2.70 bits per heavy atom. The Morgan fingerprint density at radius 2 is 1.95 bits per heavy atom. The van der Waals surface area contributed by atoms with Gasteiger partial charge in [-0.25, -0.2) is 4.79 Å². The van der Waals surface area contributed by atoms with E-state index in [1.165, 1.54) is 0 Å². The predicted octanol–water partition coefficient (Wildman–Crippen LogP) is 1.94. The van der Waals surface area contributed by atoms with E-state index in [2.05, 4.69) is 5.32 Å². The van der Waals surface area contributed by atoms with Crippen molar-refractivity contribution in [3.05, 3.63) is 29.3 Å². The van der Waals surface area contributed by atoms with Crippen LogP contribution in [0.3, 0.4) is 0 Å². The summed E-state index contributed by atoms with van der Waals surface area (Å²) in [5.41, 5.74) is 2.47. The lowest BCUT2D eigenvalue weighted by Crippen LogP contribution is -2.35. The van der Waals surface area contributed by atoms with Crippen molar-refractivity contribution in [1.29, 1.82) is 0 Å². The molecule has 0 aliphatic carbocycles. The molecule has 1 aromatic carbocycles. The van der Waals surface area contributed by atoms with Gasteiger partial charge in [-0.1, -0.05) is 6.07 Å². The minimum Gasteiger partial charge on any atom is -0.341 e. The Kier molecular flexibility index (Phi) is 3.34. The number of benzene rings is 1. The minimum absolute atomic E-state index is 0.0310. The first kappa shape index (κ1) is 13.0. The first-order valence-electron chi connectivity index (χ1n) is 7.09. The van der Waals surface area contributed by atoms with Crippen LogP contribution in [0.4, 0.5) is 10.5 Å². The van der Waals surface area contributed by atoms with Crippen molar-refractivity contribution < 1.29 is 9.59 Å². The van der Waals surface area contributed by atoms with Gasteiger partial charge in [-0.3, -0.25) is 4.79 Å². The molecule has 0 bridgehead atoms. The molecule has 2 aliphatic heterocycles. The largest absolute Gasteiger partial charge is 0.341 e. The minimum atomic E-state index is -0.0703. The van der Waals surface area contributed by atoms with E-state index in [9.17, 15) is 9.59 Å². The highest BCUT2D eigenvalue weighted by Gasteiger charge is 2.23. The molecule has 5 nitrogen and oxygen atoms in total. The number of carbonyl (C=O) groups excluding carboxylic acids is 2. The Morgan fingerprint density at radius 1 is 1.20 bits per heavy atom. The zero-order valence-corrected chi connectivity index (χ0v) is 11.7. The number of likely N-dealkylation sites (tertiary alicyclic amines) is 1. The maximum atomic E-state index is 12.1. The predicted molar refractivity (Wildman–Crippen MR) is 76.9 cm³/mol. The molecular weight excluding hydrogens is 254 g/mol. The second-order valence-corrected chi connectivity index (χ2v) is 5.47. The van der Waals surface area contributed by atoms with Crippen LogP contribution in [0.15, 0.2) is 18.2 Å². The number of carbonyl (C=O) groups is 2. The molecule has 2 heterocycles. The molecule has 3 amide bonds. The average molecular weight is 273 g/mol. The molecule has 1 aromatic rings. The Labute approximate surface area is 118 Å². The van der Waals surface area contributed by atoms with Crippen LogP contribution >= 0.6 is 0 Å². The van der Waals surface area contributed by atoms with Gasteiger partial charge < -0.3 is 15.1 Å². The number of anilines is 1. The summed E-state index contributed by atoms with van der Waals surface area (Å²) < 4.78 is 0. The highest BCUT2D eigenvalue weighted by molar-refractivity contribution is 5.99. The van der Waals surface area contributed by atoms with Gasteiger partial charge in [-0.05, 0) is 37.0 Å². The summed E-state index contributed by atoms with van der Waals surface area (Å²) in [6, 6.07) is 5.55. The third kappa shape index (κ3) is 2.35. The smallest absolute Gasteiger partial charge is 0.321 e. The van der Waals surface area contributed by atoms with Gasteiger partial charge in [0.15, 0.2) is 0 Å². The van der Waals surface area contributed by atoms with E-state index < -0.39 is 0 Å². The average Bonchev–Trinajstić information content (AvgIpc) is 2.98. The van der Waals surface area contributed by atoms with E-state index in [0.717, 1.165) is 44.5 Å². The SMILES string of the molecule is CN1CCc2ccc(NC(=O)N3CCCC3)cc2C1=O. The fourth-order valence-electron chi connectivity index (χ4n) is 2.79. The molecule has 2 aliphatic rings. The van der Waals surface area contributed by atoms with Crippen molar-refractivity contribution in [2.24, 2.45) is 0 Å². The van der Waals surface area contributed by atoms with E-state index in [1.807, 2.05) is 17.0 Å². The summed E-state index contributed by atoms with van der Waals surface area (Å²) in [5, 5.41) is 2.89. The number of nitrogens with zero attached hydrogens (tertiary/aromatic N) is 2. The number of amides is 3. The van der Waals surface area contributed by atoms with Crippen LogP contribution in [0, 0.1) is 0 Å². The number of hydrogen-bond donors (Lipinski definition) is 1. The van der Waals surface area contributed by atoms with Gasteiger partial charge in [0, 0.05) is 37.9 Å². The van der Waals surface area contributed by atoms with Crippen molar-refractivity contribution in [3.8, 4) is 0 Å². The van der Waals surface area contributed by atoms with Gasteiger partial charge in [-0.15, -0.1) is 0 Å². The van der Waals surface area contributed by atoms with Gasteiger partial charge in [0.2, 0.25) is 0 Å². The maximum Gasteiger partial charge on any atom is 0.321 e. The van der Waals surface area contributed by atoms with Gasteiger partial charge in [-0.2, -0.15) is 0 Å². The molecule has 0 unspecified atom stereocenters. The number of nitrogens with one attached hydrogen (secondary N) is 1. The second kappa shape index (κ2) is 5.15. The lowest BCUT2D eigenvalue weighted by Gasteiger charge is -2.25. The molecule has 5 heteroatoms. The molecule has 0 saturated carbocycles. The van der Waals surface area contributed by atoms with E-state index >= 15 is 0 Å². The van der Waals surface area contributed by atoms with Crippen LogP contribution in [-0.2, 0) is 6.42 Å². The normalized spacial score (nSPS) is 18.1. The molecule has 1 saturated heterocycles. The van der Waals surface area contributed by atoms with Gasteiger partial charge in [0.05, 0.1) is 0 Å². The van der Waals surface area contributed by atoms with Crippen molar-refractivity contribution in [2.45, 2.75) is 19.3 Å². The number of urea groups is 1. The number of likely N-dealkylation sites (N-methyl/N-ethyl adjacent to an activating group) is 1. The molecule has 1 fully saturated rings. The topological polar surface area (TPSA) is 52.7 Å². The Hall–Kier alpha value is -2.04. The fraction of sp³-hybridized carbons (Fsp3) is 0.467. The Bertz CT molecular complexity index is 550. The zero-order valence-electron chi connectivity index (χ0n) is 11.7. The molecule has 0 atom stereocenters. The first-order chi connectivity index (χ1) is 9.65. The number of fused-ring (bicyclic) bond motifs is 1. The summed E-state index contributed by atoms with van der Waals surface area (Å²) >= 11 is 0. The monoisotopic (exact) mass is 273 g/mol. The van der Waals surface area contributed by atoms with Crippen LogP contribution in [0.2, 0.25) is 0 Å². The van der Waals surface area contributed by atoms with Crippen molar-refractivity contribution >= 4 is 17.6 Å². The summed E-state index contributed by atoms with van der Waals surface area (Å²) in [7, 11) is 1.81. The summed E-state index contributed by atoms with van der Waals surface area (Å²) in [4.78, 5) is 27.7. The van der Waals surface area contributed by atoms with Crippen LogP contribution in [-0.4, -0.2) is 48.4 Å². The lowest BCUT2D eigenvalue weighted by molar-refractivity contribution is 0.0781. The maximum absolute atomic E-state index is 12.1. The van der Waals surface area contributed by atoms with Crippen LogP contribution in [0.25, 0.3) is 0 Å². The van der Waals surface area contributed by atoms with Gasteiger partial charge in [0.1, 0.15) is 0 Å². The van der Waals surface area contributed by atoms with Crippen molar-refractivity contribution in [3.63, 3.8) is 0 Å². The molecule has 1 N–H and O–H groups in total. The quantitative estimate of drug-likeness (QED) is 0.850. The fourth-order valence-corrected chi connectivity index (χ4v) is 2.79. The van der Waals surface area contributed by atoms with Crippen molar-refractivity contribution in [2.75, 3.05) is 32.0 Å². The third-order valence-electron chi connectivity index (χ3n) is 4.05. The first-order valence-corrected chi connectivity index (χ1v) is 7.09. The van der Waals surface area contributed by atoms with Gasteiger partial charge in [0.25, 0.3) is 5.91 Å². The zero-order chi connectivity index (χ0) is 14.1. The summed E-state index contributed by atoms with van der Waals surface area (Å²) in [5.74, 6) is 0.0310. The Balaban J connectivity index is 1.78. The summed E-state index contributed by atoms with van der Waals surface area (Å²) in [6.07, 6.45) is 3.01. The highest BCUT2D eigenvalue weighted by atomic mass is 16.2. The molecule has 0 spiro atoms. The van der Waals surface area contributed by atoms with Crippen LogP contribution < -0.4 is 5.32 Å².